The highest BCUT2D eigenvalue weighted by atomic mass is 79.9. The number of halogens is 1. The molecule has 0 unspecified atom stereocenters. The summed E-state index contributed by atoms with van der Waals surface area (Å²) >= 11 is 3.28. The molecule has 140 valence electrons. The first-order valence-corrected chi connectivity index (χ1v) is 10.8. The van der Waals surface area contributed by atoms with E-state index in [1.54, 1.807) is 24.3 Å². The summed E-state index contributed by atoms with van der Waals surface area (Å²) < 4.78 is 27.6. The molecular formula is C19H23BrN2O3S. The van der Waals surface area contributed by atoms with Crippen LogP contribution in [0.25, 0.3) is 0 Å². The Hall–Kier alpha value is -1.70. The van der Waals surface area contributed by atoms with Gasteiger partial charge in [-0.3, -0.25) is 4.79 Å². The lowest BCUT2D eigenvalue weighted by Gasteiger charge is -2.07. The molecule has 2 aromatic carbocycles. The SMILES string of the molecule is O=C(CCCCCNS(=O)(=O)c1ccc(Br)cc1)NCc1ccccc1. The van der Waals surface area contributed by atoms with Crippen LogP contribution in [-0.2, 0) is 21.4 Å². The maximum atomic E-state index is 12.1. The monoisotopic (exact) mass is 438 g/mol. The summed E-state index contributed by atoms with van der Waals surface area (Å²) in [6.45, 7) is 0.899. The summed E-state index contributed by atoms with van der Waals surface area (Å²) in [4.78, 5) is 12.0. The molecule has 0 aliphatic rings. The van der Waals surface area contributed by atoms with Crippen LogP contribution >= 0.6 is 15.9 Å². The first kappa shape index (κ1) is 20.6. The smallest absolute Gasteiger partial charge is 0.240 e. The zero-order chi connectivity index (χ0) is 18.8. The Labute approximate surface area is 163 Å². The zero-order valence-corrected chi connectivity index (χ0v) is 16.9. The number of sulfonamides is 1. The van der Waals surface area contributed by atoms with Gasteiger partial charge < -0.3 is 5.32 Å². The minimum atomic E-state index is -3.47. The summed E-state index contributed by atoms with van der Waals surface area (Å²) in [6, 6.07) is 16.3. The highest BCUT2D eigenvalue weighted by molar-refractivity contribution is 9.10. The van der Waals surface area contributed by atoms with Gasteiger partial charge in [-0.25, -0.2) is 13.1 Å². The van der Waals surface area contributed by atoms with Crippen LogP contribution in [0, 0.1) is 0 Å². The third-order valence-electron chi connectivity index (χ3n) is 3.83. The molecule has 0 bridgehead atoms. The molecule has 0 heterocycles. The third-order valence-corrected chi connectivity index (χ3v) is 5.83. The lowest BCUT2D eigenvalue weighted by Crippen LogP contribution is -2.25. The van der Waals surface area contributed by atoms with E-state index in [1.807, 2.05) is 30.3 Å². The van der Waals surface area contributed by atoms with Gasteiger partial charge in [0.2, 0.25) is 15.9 Å². The van der Waals surface area contributed by atoms with E-state index >= 15 is 0 Å². The summed E-state index contributed by atoms with van der Waals surface area (Å²) in [5.41, 5.74) is 1.07. The number of hydrogen-bond donors (Lipinski definition) is 2. The Balaban J connectivity index is 1.58. The van der Waals surface area contributed by atoms with Crippen molar-refractivity contribution in [3.8, 4) is 0 Å². The molecule has 0 atom stereocenters. The molecule has 1 amide bonds. The van der Waals surface area contributed by atoms with Gasteiger partial charge in [-0.05, 0) is 42.7 Å². The molecule has 0 aliphatic heterocycles. The quantitative estimate of drug-likeness (QED) is 0.556. The molecule has 7 heteroatoms. The Morgan fingerprint density at radius 3 is 2.31 bits per heavy atom. The second-order valence-electron chi connectivity index (χ2n) is 5.92. The second-order valence-corrected chi connectivity index (χ2v) is 8.61. The van der Waals surface area contributed by atoms with Gasteiger partial charge in [0.15, 0.2) is 0 Å². The summed E-state index contributed by atoms with van der Waals surface area (Å²) in [5, 5.41) is 2.89. The average molecular weight is 439 g/mol. The fourth-order valence-corrected chi connectivity index (χ4v) is 3.71. The molecule has 0 saturated heterocycles. The van der Waals surface area contributed by atoms with Crippen molar-refractivity contribution in [1.82, 2.24) is 10.0 Å². The molecule has 0 aliphatic carbocycles. The number of carbonyl (C=O) groups is 1. The van der Waals surface area contributed by atoms with Crippen LogP contribution in [0.3, 0.4) is 0 Å². The molecule has 2 rings (SSSR count). The Morgan fingerprint density at radius 2 is 1.62 bits per heavy atom. The summed E-state index contributed by atoms with van der Waals surface area (Å²) in [5.74, 6) is 0.0179. The van der Waals surface area contributed by atoms with Gasteiger partial charge in [0.05, 0.1) is 4.90 Å². The van der Waals surface area contributed by atoms with E-state index in [-0.39, 0.29) is 10.8 Å². The molecule has 0 fully saturated rings. The minimum absolute atomic E-state index is 0.0179. The van der Waals surface area contributed by atoms with Crippen LogP contribution in [-0.4, -0.2) is 20.9 Å². The van der Waals surface area contributed by atoms with Crippen molar-refractivity contribution in [2.75, 3.05) is 6.54 Å². The van der Waals surface area contributed by atoms with Crippen LogP contribution in [0.15, 0.2) is 64.0 Å². The Morgan fingerprint density at radius 1 is 0.923 bits per heavy atom. The van der Waals surface area contributed by atoms with E-state index in [2.05, 4.69) is 26.0 Å². The maximum absolute atomic E-state index is 12.1. The van der Waals surface area contributed by atoms with Gasteiger partial charge in [-0.1, -0.05) is 52.7 Å². The Bertz CT molecular complexity index is 793. The van der Waals surface area contributed by atoms with E-state index in [0.717, 1.165) is 22.9 Å². The van der Waals surface area contributed by atoms with Crippen LogP contribution in [0.5, 0.6) is 0 Å². The topological polar surface area (TPSA) is 75.3 Å². The predicted octanol–water partition coefficient (Wildman–Crippen LogP) is 3.60. The number of carbonyl (C=O) groups excluding carboxylic acids is 1. The van der Waals surface area contributed by atoms with Gasteiger partial charge in [0.25, 0.3) is 0 Å². The van der Waals surface area contributed by atoms with E-state index in [4.69, 9.17) is 0 Å². The number of hydrogen-bond acceptors (Lipinski definition) is 3. The van der Waals surface area contributed by atoms with Crippen molar-refractivity contribution in [1.29, 1.82) is 0 Å². The minimum Gasteiger partial charge on any atom is -0.352 e. The van der Waals surface area contributed by atoms with Gasteiger partial charge in [0, 0.05) is 24.0 Å². The number of amides is 1. The van der Waals surface area contributed by atoms with E-state index in [9.17, 15) is 13.2 Å². The molecule has 0 saturated carbocycles. The first-order valence-electron chi connectivity index (χ1n) is 8.53. The Kier molecular flexibility index (Phi) is 8.28. The molecule has 0 spiro atoms. The van der Waals surface area contributed by atoms with E-state index in [0.29, 0.717) is 25.9 Å². The molecule has 2 N–H and O–H groups in total. The number of rotatable bonds is 10. The second kappa shape index (κ2) is 10.4. The van der Waals surface area contributed by atoms with Crippen molar-refractivity contribution in [3.63, 3.8) is 0 Å². The van der Waals surface area contributed by atoms with Crippen molar-refractivity contribution < 1.29 is 13.2 Å². The molecule has 5 nitrogen and oxygen atoms in total. The van der Waals surface area contributed by atoms with Gasteiger partial charge >= 0.3 is 0 Å². The molecule has 2 aromatic rings. The third kappa shape index (κ3) is 7.27. The van der Waals surface area contributed by atoms with Crippen molar-refractivity contribution in [2.45, 2.75) is 37.1 Å². The normalized spacial score (nSPS) is 11.3. The standard InChI is InChI=1S/C19H23BrN2O3S/c20-17-10-12-18(13-11-17)26(24,25)22-14-6-2-5-9-19(23)21-15-16-7-3-1-4-8-16/h1,3-4,7-8,10-13,22H,2,5-6,9,14-15H2,(H,21,23). The lowest BCUT2D eigenvalue weighted by molar-refractivity contribution is -0.121. The average Bonchev–Trinajstić information content (AvgIpc) is 2.64. The molecule has 26 heavy (non-hydrogen) atoms. The van der Waals surface area contributed by atoms with Gasteiger partial charge in [-0.15, -0.1) is 0 Å². The lowest BCUT2D eigenvalue weighted by atomic mass is 10.2. The van der Waals surface area contributed by atoms with E-state index in [1.165, 1.54) is 0 Å². The van der Waals surface area contributed by atoms with Crippen molar-refractivity contribution >= 4 is 31.9 Å². The number of nitrogens with one attached hydrogen (secondary N) is 2. The summed E-state index contributed by atoms with van der Waals surface area (Å²) in [6.07, 6.45) is 2.68. The maximum Gasteiger partial charge on any atom is 0.240 e. The molecular weight excluding hydrogens is 416 g/mol. The summed E-state index contributed by atoms with van der Waals surface area (Å²) in [7, 11) is -3.47. The van der Waals surface area contributed by atoms with Crippen molar-refractivity contribution in [3.05, 3.63) is 64.6 Å². The highest BCUT2D eigenvalue weighted by Gasteiger charge is 2.12. The van der Waals surface area contributed by atoms with Crippen LogP contribution in [0.2, 0.25) is 0 Å². The number of benzene rings is 2. The van der Waals surface area contributed by atoms with Crippen LogP contribution in [0.4, 0.5) is 0 Å². The largest absolute Gasteiger partial charge is 0.352 e. The van der Waals surface area contributed by atoms with E-state index < -0.39 is 10.0 Å². The van der Waals surface area contributed by atoms with Gasteiger partial charge in [0.1, 0.15) is 0 Å². The van der Waals surface area contributed by atoms with Gasteiger partial charge in [-0.2, -0.15) is 0 Å². The zero-order valence-electron chi connectivity index (χ0n) is 14.4. The van der Waals surface area contributed by atoms with Crippen LogP contribution < -0.4 is 10.0 Å². The molecule has 0 radical (unpaired) electrons. The highest BCUT2D eigenvalue weighted by Crippen LogP contribution is 2.14. The van der Waals surface area contributed by atoms with Crippen molar-refractivity contribution in [2.24, 2.45) is 0 Å². The number of unbranched alkanes of at least 4 members (excludes halogenated alkanes) is 2. The first-order chi connectivity index (χ1) is 12.5. The fraction of sp³-hybridized carbons (Fsp3) is 0.316. The molecule has 0 aromatic heterocycles. The van der Waals surface area contributed by atoms with Crippen LogP contribution in [0.1, 0.15) is 31.2 Å². The predicted molar refractivity (Wildman–Crippen MR) is 106 cm³/mol. The fourth-order valence-electron chi connectivity index (χ4n) is 2.38.